The van der Waals surface area contributed by atoms with Crippen molar-refractivity contribution in [1.29, 1.82) is 0 Å². The van der Waals surface area contributed by atoms with Crippen LogP contribution in [0.4, 0.5) is 0 Å². The SMILES string of the molecule is O=C(O)CCCCc1cn(C2CCOC3(CCC3)C2)nn1. The highest BCUT2D eigenvalue weighted by Crippen LogP contribution is 2.45. The van der Waals surface area contributed by atoms with Gasteiger partial charge in [-0.15, -0.1) is 5.10 Å². The summed E-state index contributed by atoms with van der Waals surface area (Å²) in [5, 5.41) is 17.1. The number of hydrogen-bond donors (Lipinski definition) is 1. The van der Waals surface area contributed by atoms with E-state index in [-0.39, 0.29) is 12.0 Å². The Labute approximate surface area is 124 Å². The Morgan fingerprint density at radius 1 is 1.48 bits per heavy atom. The second-order valence-corrected chi connectivity index (χ2v) is 6.32. The molecule has 1 aliphatic heterocycles. The lowest BCUT2D eigenvalue weighted by molar-refractivity contribution is -0.141. The van der Waals surface area contributed by atoms with Gasteiger partial charge in [0.1, 0.15) is 0 Å². The van der Waals surface area contributed by atoms with Gasteiger partial charge >= 0.3 is 5.97 Å². The van der Waals surface area contributed by atoms with Gasteiger partial charge < -0.3 is 9.84 Å². The maximum atomic E-state index is 10.5. The highest BCUT2D eigenvalue weighted by Gasteiger charge is 2.43. The van der Waals surface area contributed by atoms with E-state index in [1.165, 1.54) is 19.3 Å². The Hall–Kier alpha value is -1.43. The molecule has 0 amide bonds. The van der Waals surface area contributed by atoms with E-state index in [0.29, 0.717) is 12.5 Å². The molecule has 21 heavy (non-hydrogen) atoms. The van der Waals surface area contributed by atoms with Crippen molar-refractivity contribution in [3.63, 3.8) is 0 Å². The molecule has 1 saturated carbocycles. The molecule has 1 aromatic rings. The number of aromatic nitrogens is 3. The molecule has 1 aliphatic carbocycles. The third-order valence-corrected chi connectivity index (χ3v) is 4.74. The summed E-state index contributed by atoms with van der Waals surface area (Å²) in [5.41, 5.74) is 1.09. The molecule has 2 heterocycles. The van der Waals surface area contributed by atoms with Gasteiger partial charge in [-0.05, 0) is 51.4 Å². The van der Waals surface area contributed by atoms with Crippen LogP contribution in [0.5, 0.6) is 0 Å². The van der Waals surface area contributed by atoms with E-state index >= 15 is 0 Å². The maximum Gasteiger partial charge on any atom is 0.303 e. The van der Waals surface area contributed by atoms with Crippen LogP contribution in [0, 0.1) is 0 Å². The molecule has 2 aliphatic rings. The monoisotopic (exact) mass is 293 g/mol. The lowest BCUT2D eigenvalue weighted by Crippen LogP contribution is -2.46. The molecule has 1 spiro atoms. The van der Waals surface area contributed by atoms with Crippen molar-refractivity contribution in [1.82, 2.24) is 15.0 Å². The van der Waals surface area contributed by atoms with Gasteiger partial charge in [0, 0.05) is 19.2 Å². The van der Waals surface area contributed by atoms with Crippen LogP contribution in [-0.2, 0) is 16.0 Å². The summed E-state index contributed by atoms with van der Waals surface area (Å²) in [6, 6.07) is 0.402. The van der Waals surface area contributed by atoms with Crippen LogP contribution in [-0.4, -0.2) is 38.3 Å². The molecule has 1 N–H and O–H groups in total. The zero-order valence-corrected chi connectivity index (χ0v) is 12.3. The van der Waals surface area contributed by atoms with Gasteiger partial charge in [0.2, 0.25) is 0 Å². The minimum atomic E-state index is -0.730. The third kappa shape index (κ3) is 3.43. The first-order valence-electron chi connectivity index (χ1n) is 7.93. The van der Waals surface area contributed by atoms with Crippen molar-refractivity contribution >= 4 is 5.97 Å². The van der Waals surface area contributed by atoms with Gasteiger partial charge in [-0.2, -0.15) is 0 Å². The maximum absolute atomic E-state index is 10.5. The second kappa shape index (κ2) is 6.13. The quantitative estimate of drug-likeness (QED) is 0.815. The van der Waals surface area contributed by atoms with Crippen LogP contribution >= 0.6 is 0 Å². The van der Waals surface area contributed by atoms with E-state index in [1.54, 1.807) is 0 Å². The van der Waals surface area contributed by atoms with E-state index in [4.69, 9.17) is 9.84 Å². The number of nitrogens with zero attached hydrogens (tertiary/aromatic N) is 3. The number of ether oxygens (including phenoxy) is 1. The van der Waals surface area contributed by atoms with Crippen LogP contribution in [0.15, 0.2) is 6.20 Å². The first-order valence-corrected chi connectivity index (χ1v) is 7.93. The molecule has 0 aromatic carbocycles. The normalized spacial score (nSPS) is 23.9. The van der Waals surface area contributed by atoms with Crippen LogP contribution in [0.2, 0.25) is 0 Å². The average molecular weight is 293 g/mol. The molecular weight excluding hydrogens is 270 g/mol. The number of rotatable bonds is 6. The van der Waals surface area contributed by atoms with Gasteiger partial charge in [0.15, 0.2) is 0 Å². The van der Waals surface area contributed by atoms with Gasteiger partial charge in [-0.3, -0.25) is 4.79 Å². The van der Waals surface area contributed by atoms with Gasteiger partial charge in [0.05, 0.1) is 17.3 Å². The Bertz CT molecular complexity index is 496. The van der Waals surface area contributed by atoms with Crippen LogP contribution in [0.3, 0.4) is 0 Å². The molecule has 6 heteroatoms. The molecule has 1 atom stereocenters. The fraction of sp³-hybridized carbons (Fsp3) is 0.800. The number of unbranched alkanes of at least 4 members (excludes halogenated alkanes) is 1. The number of carboxylic acid groups (broad SMARTS) is 1. The average Bonchev–Trinajstić information content (AvgIpc) is 2.91. The number of aliphatic carboxylic acids is 1. The Kier molecular flexibility index (Phi) is 4.24. The second-order valence-electron chi connectivity index (χ2n) is 6.32. The topological polar surface area (TPSA) is 77.2 Å². The van der Waals surface area contributed by atoms with E-state index in [1.807, 2.05) is 10.9 Å². The standard InChI is InChI=1S/C15H23N3O3/c19-14(20)5-2-1-4-12-11-18(17-16-12)13-6-9-21-15(10-13)7-3-8-15/h11,13H,1-10H2,(H,19,20). The number of hydrogen-bond acceptors (Lipinski definition) is 4. The predicted octanol–water partition coefficient (Wildman–Crippen LogP) is 2.35. The molecule has 0 bridgehead atoms. The zero-order valence-electron chi connectivity index (χ0n) is 12.3. The van der Waals surface area contributed by atoms with Crippen molar-refractivity contribution in [2.45, 2.75) is 69.4 Å². The minimum Gasteiger partial charge on any atom is -0.481 e. The molecule has 1 saturated heterocycles. The fourth-order valence-electron chi connectivity index (χ4n) is 3.34. The molecule has 1 aromatic heterocycles. The molecule has 6 nitrogen and oxygen atoms in total. The molecule has 2 fully saturated rings. The summed E-state index contributed by atoms with van der Waals surface area (Å²) >= 11 is 0. The lowest BCUT2D eigenvalue weighted by atomic mass is 9.74. The van der Waals surface area contributed by atoms with Crippen LogP contribution in [0.25, 0.3) is 0 Å². The summed E-state index contributed by atoms with van der Waals surface area (Å²) in [7, 11) is 0. The van der Waals surface area contributed by atoms with Crippen molar-refractivity contribution in [2.75, 3.05) is 6.61 Å². The first-order chi connectivity index (χ1) is 10.2. The zero-order chi connectivity index (χ0) is 14.7. The number of carbonyl (C=O) groups is 1. The van der Waals surface area contributed by atoms with Gasteiger partial charge in [-0.25, -0.2) is 4.68 Å². The van der Waals surface area contributed by atoms with Crippen LogP contribution in [0.1, 0.15) is 63.1 Å². The number of carboxylic acids is 1. The van der Waals surface area contributed by atoms with E-state index in [0.717, 1.165) is 38.0 Å². The highest BCUT2D eigenvalue weighted by molar-refractivity contribution is 5.66. The van der Waals surface area contributed by atoms with Gasteiger partial charge in [-0.1, -0.05) is 5.21 Å². The van der Waals surface area contributed by atoms with Crippen molar-refractivity contribution in [3.8, 4) is 0 Å². The molecule has 116 valence electrons. The van der Waals surface area contributed by atoms with Crippen molar-refractivity contribution in [3.05, 3.63) is 11.9 Å². The minimum absolute atomic E-state index is 0.122. The van der Waals surface area contributed by atoms with Crippen LogP contribution < -0.4 is 0 Å². The van der Waals surface area contributed by atoms with E-state index < -0.39 is 5.97 Å². The summed E-state index contributed by atoms with van der Waals surface area (Å²) in [5.74, 6) is -0.730. The summed E-state index contributed by atoms with van der Waals surface area (Å²) in [4.78, 5) is 10.5. The molecule has 0 radical (unpaired) electrons. The molecule has 1 unspecified atom stereocenters. The predicted molar refractivity (Wildman–Crippen MR) is 76.0 cm³/mol. The Morgan fingerprint density at radius 2 is 2.33 bits per heavy atom. The van der Waals surface area contributed by atoms with Gasteiger partial charge in [0.25, 0.3) is 0 Å². The molecule has 3 rings (SSSR count). The smallest absolute Gasteiger partial charge is 0.303 e. The lowest BCUT2D eigenvalue weighted by Gasteiger charge is -2.47. The number of aryl methyl sites for hydroxylation is 1. The first kappa shape index (κ1) is 14.5. The fourth-order valence-corrected chi connectivity index (χ4v) is 3.34. The third-order valence-electron chi connectivity index (χ3n) is 4.74. The summed E-state index contributed by atoms with van der Waals surface area (Å²) in [6.45, 7) is 0.818. The highest BCUT2D eigenvalue weighted by atomic mass is 16.5. The Balaban J connectivity index is 1.51. The van der Waals surface area contributed by atoms with E-state index in [9.17, 15) is 4.79 Å². The Morgan fingerprint density at radius 3 is 3.05 bits per heavy atom. The van der Waals surface area contributed by atoms with Crippen molar-refractivity contribution < 1.29 is 14.6 Å². The molecular formula is C15H23N3O3. The summed E-state index contributed by atoms with van der Waals surface area (Å²) < 4.78 is 7.94. The van der Waals surface area contributed by atoms with E-state index in [2.05, 4.69) is 10.3 Å². The van der Waals surface area contributed by atoms with Crippen molar-refractivity contribution in [2.24, 2.45) is 0 Å². The summed E-state index contributed by atoms with van der Waals surface area (Å²) in [6.07, 6.45) is 10.3. The largest absolute Gasteiger partial charge is 0.481 e.